The second-order valence-electron chi connectivity index (χ2n) is 9.83. The van der Waals surface area contributed by atoms with Gasteiger partial charge in [0.15, 0.2) is 0 Å². The number of rotatable bonds is 3. The van der Waals surface area contributed by atoms with Gasteiger partial charge in [-0.1, -0.05) is 42.5 Å². The third-order valence-corrected chi connectivity index (χ3v) is 6.95. The molecule has 5 heterocycles. The monoisotopic (exact) mass is 519 g/mol. The van der Waals surface area contributed by atoms with Gasteiger partial charge < -0.3 is 15.3 Å². The number of H-pyrrole nitrogens is 2. The lowest BCUT2D eigenvalue weighted by molar-refractivity contribution is -0.114. The fourth-order valence-electron chi connectivity index (χ4n) is 5.21. The Bertz CT molecular complexity index is 1990. The van der Waals surface area contributed by atoms with Crippen LogP contribution in [0.15, 0.2) is 91.0 Å². The molecule has 2 aromatic carbocycles. The number of carbonyl (C=O) groups is 1. The number of carbonyl (C=O) groups excluding carboxylic acids is 1. The average molecular weight is 520 g/mol. The maximum atomic E-state index is 11.5. The number of aromatic nitrogens is 4. The largest absolute Gasteiger partial charge is 0.355 e. The summed E-state index contributed by atoms with van der Waals surface area (Å²) in [5.74, 6) is -0.0993. The molecule has 1 amide bonds. The van der Waals surface area contributed by atoms with E-state index in [0.717, 1.165) is 72.8 Å². The van der Waals surface area contributed by atoms with Crippen molar-refractivity contribution in [2.24, 2.45) is 0 Å². The standard InChI is InChI=1S/C34H25N5O/c1-21(40)35-24-9-7-23(8-10-24)34-31-17-13-27(38-31)19-25-11-15-29(36-25)33(22-5-3-2-4-6-22)30-16-12-26(37-30)20-28-14-18-32(34)39-28/h2-20,36,39H,1H3,(H,35,40). The molecule has 0 fully saturated rings. The van der Waals surface area contributed by atoms with Crippen molar-refractivity contribution in [2.45, 2.75) is 6.92 Å². The van der Waals surface area contributed by atoms with Crippen molar-refractivity contribution < 1.29 is 4.79 Å². The van der Waals surface area contributed by atoms with E-state index in [1.165, 1.54) is 6.92 Å². The maximum Gasteiger partial charge on any atom is 0.221 e. The average Bonchev–Trinajstić information content (AvgIpc) is 3.76. The van der Waals surface area contributed by atoms with Crippen LogP contribution < -0.4 is 5.32 Å². The lowest BCUT2D eigenvalue weighted by Crippen LogP contribution is -2.05. The first-order valence-corrected chi connectivity index (χ1v) is 13.1. The highest BCUT2D eigenvalue weighted by atomic mass is 16.1. The fraction of sp³-hybridized carbons (Fsp3) is 0.0294. The molecule has 0 unspecified atom stereocenters. The van der Waals surface area contributed by atoms with Crippen LogP contribution in [0.1, 0.15) is 29.7 Å². The number of amides is 1. The van der Waals surface area contributed by atoms with Crippen LogP contribution >= 0.6 is 0 Å². The van der Waals surface area contributed by atoms with Crippen LogP contribution in [0, 0.1) is 0 Å². The quantitative estimate of drug-likeness (QED) is 0.221. The predicted octanol–water partition coefficient (Wildman–Crippen LogP) is 7.95. The van der Waals surface area contributed by atoms with Crippen LogP contribution in [0.4, 0.5) is 5.69 Å². The van der Waals surface area contributed by atoms with E-state index in [1.807, 2.05) is 60.7 Å². The number of hydrogen-bond donors (Lipinski definition) is 3. The van der Waals surface area contributed by atoms with E-state index in [9.17, 15) is 4.79 Å². The summed E-state index contributed by atoms with van der Waals surface area (Å²) in [5.41, 5.74) is 12.2. The topological polar surface area (TPSA) is 86.5 Å². The Balaban J connectivity index is 1.50. The number of anilines is 1. The van der Waals surface area contributed by atoms with Gasteiger partial charge in [-0.05, 0) is 84.0 Å². The molecular weight excluding hydrogens is 494 g/mol. The molecule has 0 atom stereocenters. The molecule has 0 spiro atoms. The Hall–Kier alpha value is -5.49. The number of aromatic amines is 2. The van der Waals surface area contributed by atoms with Crippen molar-refractivity contribution in [1.82, 2.24) is 19.9 Å². The van der Waals surface area contributed by atoms with Crippen LogP contribution in [0.25, 0.3) is 68.6 Å². The van der Waals surface area contributed by atoms with Gasteiger partial charge in [0.2, 0.25) is 5.91 Å². The molecule has 40 heavy (non-hydrogen) atoms. The lowest BCUT2D eigenvalue weighted by Gasteiger charge is -2.06. The second-order valence-corrected chi connectivity index (χ2v) is 9.83. The van der Waals surface area contributed by atoms with E-state index >= 15 is 0 Å². The smallest absolute Gasteiger partial charge is 0.221 e. The van der Waals surface area contributed by atoms with Gasteiger partial charge in [-0.25, -0.2) is 9.97 Å². The van der Waals surface area contributed by atoms with Gasteiger partial charge in [0.05, 0.1) is 22.8 Å². The number of benzene rings is 2. The van der Waals surface area contributed by atoms with Crippen molar-refractivity contribution >= 4 is 58.0 Å². The van der Waals surface area contributed by atoms with Crippen LogP contribution in [0.2, 0.25) is 0 Å². The zero-order valence-corrected chi connectivity index (χ0v) is 21.8. The van der Waals surface area contributed by atoms with Crippen molar-refractivity contribution in [1.29, 1.82) is 0 Å². The molecule has 0 saturated heterocycles. The minimum absolute atomic E-state index is 0.0993. The first-order valence-electron chi connectivity index (χ1n) is 13.1. The lowest BCUT2D eigenvalue weighted by atomic mass is 10.0. The highest BCUT2D eigenvalue weighted by Crippen LogP contribution is 2.32. The van der Waals surface area contributed by atoms with E-state index < -0.39 is 0 Å². The molecule has 0 radical (unpaired) electrons. The molecule has 2 aliphatic heterocycles. The molecule has 6 heteroatoms. The number of hydrogen-bond acceptors (Lipinski definition) is 3. The highest BCUT2D eigenvalue weighted by molar-refractivity contribution is 5.94. The van der Waals surface area contributed by atoms with Crippen molar-refractivity contribution in [2.75, 3.05) is 5.32 Å². The van der Waals surface area contributed by atoms with Crippen LogP contribution in [0.3, 0.4) is 0 Å². The maximum absolute atomic E-state index is 11.5. The molecule has 0 aliphatic carbocycles. The molecule has 8 bridgehead atoms. The summed E-state index contributed by atoms with van der Waals surface area (Å²) >= 11 is 0. The SMILES string of the molecule is CC(=O)Nc1ccc(-c2c3nc(cc4ccc([nH]4)c(-c4ccccc4)c4nc(cc5ccc2[nH]5)C=C4)C=C3)cc1. The molecule has 3 aromatic heterocycles. The van der Waals surface area contributed by atoms with Gasteiger partial charge in [0.25, 0.3) is 0 Å². The van der Waals surface area contributed by atoms with E-state index in [4.69, 9.17) is 9.97 Å². The Kier molecular flexibility index (Phi) is 5.71. The van der Waals surface area contributed by atoms with Gasteiger partial charge in [-0.2, -0.15) is 0 Å². The van der Waals surface area contributed by atoms with E-state index in [2.05, 4.69) is 69.9 Å². The van der Waals surface area contributed by atoms with Crippen LogP contribution in [-0.2, 0) is 4.79 Å². The van der Waals surface area contributed by atoms with Gasteiger partial charge in [0.1, 0.15) is 0 Å². The third kappa shape index (κ3) is 4.52. The number of fused-ring (bicyclic) bond motifs is 8. The zero-order chi connectivity index (χ0) is 27.1. The van der Waals surface area contributed by atoms with E-state index in [-0.39, 0.29) is 5.91 Å². The summed E-state index contributed by atoms with van der Waals surface area (Å²) in [6.45, 7) is 1.51. The first kappa shape index (κ1) is 23.6. The van der Waals surface area contributed by atoms with E-state index in [0.29, 0.717) is 0 Å². The molecule has 3 N–H and O–H groups in total. The van der Waals surface area contributed by atoms with Crippen molar-refractivity contribution in [3.05, 3.63) is 114 Å². The molecule has 7 rings (SSSR count). The minimum Gasteiger partial charge on any atom is -0.355 e. The molecule has 0 saturated carbocycles. The third-order valence-electron chi connectivity index (χ3n) is 6.95. The Morgan fingerprint density at radius 3 is 1.68 bits per heavy atom. The summed E-state index contributed by atoms with van der Waals surface area (Å²) in [7, 11) is 0. The fourth-order valence-corrected chi connectivity index (χ4v) is 5.21. The molecule has 5 aromatic rings. The van der Waals surface area contributed by atoms with E-state index in [1.54, 1.807) is 0 Å². The summed E-state index contributed by atoms with van der Waals surface area (Å²) in [6, 6.07) is 30.6. The minimum atomic E-state index is -0.0993. The number of nitrogens with one attached hydrogen (secondary N) is 3. The molecule has 2 aliphatic rings. The van der Waals surface area contributed by atoms with Crippen LogP contribution in [0.5, 0.6) is 0 Å². The van der Waals surface area contributed by atoms with Crippen molar-refractivity contribution in [3.8, 4) is 22.3 Å². The van der Waals surface area contributed by atoms with Crippen LogP contribution in [-0.4, -0.2) is 25.8 Å². The van der Waals surface area contributed by atoms with Gasteiger partial charge in [-0.3, -0.25) is 4.79 Å². The first-order chi connectivity index (χ1) is 19.6. The summed E-state index contributed by atoms with van der Waals surface area (Å²) in [6.07, 6.45) is 8.19. The highest BCUT2D eigenvalue weighted by Gasteiger charge is 2.13. The second kappa shape index (κ2) is 9.67. The molecule has 6 nitrogen and oxygen atoms in total. The Morgan fingerprint density at radius 1 is 0.625 bits per heavy atom. The van der Waals surface area contributed by atoms with Crippen molar-refractivity contribution in [3.63, 3.8) is 0 Å². The van der Waals surface area contributed by atoms with Gasteiger partial charge in [-0.15, -0.1) is 0 Å². The summed E-state index contributed by atoms with van der Waals surface area (Å²) < 4.78 is 0. The summed E-state index contributed by atoms with van der Waals surface area (Å²) in [4.78, 5) is 28.6. The Labute approximate surface area is 230 Å². The molecular formula is C34H25N5O. The van der Waals surface area contributed by atoms with Gasteiger partial charge >= 0.3 is 0 Å². The van der Waals surface area contributed by atoms with Gasteiger partial charge in [0, 0.05) is 45.8 Å². The molecule has 192 valence electrons. The predicted molar refractivity (Wildman–Crippen MR) is 164 cm³/mol. The number of nitrogens with zero attached hydrogens (tertiary/aromatic N) is 2. The zero-order valence-electron chi connectivity index (χ0n) is 21.8. The normalized spacial score (nSPS) is 12.0. The summed E-state index contributed by atoms with van der Waals surface area (Å²) in [5, 5.41) is 2.84. The Morgan fingerprint density at radius 2 is 1.15 bits per heavy atom.